The number of amides is 1. The molecule has 0 saturated heterocycles. The summed E-state index contributed by atoms with van der Waals surface area (Å²) in [5.41, 5.74) is 5.89. The number of hydrogen-bond donors (Lipinski definition) is 3. The molecular weight excluding hydrogens is 234 g/mol. The van der Waals surface area contributed by atoms with Gasteiger partial charge in [0.25, 0.3) is 5.91 Å². The number of hydrogen-bond acceptors (Lipinski definition) is 4. The number of nitrogens with zero attached hydrogens (tertiary/aromatic N) is 1. The van der Waals surface area contributed by atoms with Crippen molar-refractivity contribution in [3.8, 4) is 11.6 Å². The second kappa shape index (κ2) is 4.79. The maximum absolute atomic E-state index is 10.9. The molecular formula is C12H13N3O3. The van der Waals surface area contributed by atoms with Crippen molar-refractivity contribution in [2.45, 2.75) is 6.42 Å². The number of ether oxygens (including phenoxy) is 1. The predicted octanol–water partition coefficient (Wildman–Crippen LogP) is 0.814. The largest absolute Gasteiger partial charge is 0.497 e. The molecule has 0 aliphatic carbocycles. The molecule has 0 spiro atoms. The number of methoxy groups -OCH3 is 1. The van der Waals surface area contributed by atoms with Gasteiger partial charge in [0.1, 0.15) is 11.6 Å². The minimum Gasteiger partial charge on any atom is -0.497 e. The Morgan fingerprint density at radius 3 is 2.61 bits per heavy atom. The summed E-state index contributed by atoms with van der Waals surface area (Å²) in [5, 5.41) is 9.42. The first-order chi connectivity index (χ1) is 8.60. The molecule has 0 bridgehead atoms. The molecule has 2 aromatic rings. The fourth-order valence-electron chi connectivity index (χ4n) is 1.60. The molecule has 0 radical (unpaired) electrons. The van der Waals surface area contributed by atoms with Gasteiger partial charge in [0.15, 0.2) is 5.69 Å². The van der Waals surface area contributed by atoms with Crippen LogP contribution in [0.15, 0.2) is 24.3 Å². The van der Waals surface area contributed by atoms with E-state index in [4.69, 9.17) is 10.5 Å². The lowest BCUT2D eigenvalue weighted by molar-refractivity contribution is 0.0993. The van der Waals surface area contributed by atoms with Gasteiger partial charge in [-0.3, -0.25) is 4.79 Å². The van der Waals surface area contributed by atoms with Gasteiger partial charge >= 0.3 is 0 Å². The summed E-state index contributed by atoms with van der Waals surface area (Å²) in [4.78, 5) is 17.5. The lowest BCUT2D eigenvalue weighted by Crippen LogP contribution is -2.11. The Labute approximate surface area is 103 Å². The normalized spacial score (nSPS) is 10.3. The third kappa shape index (κ3) is 2.42. The molecule has 0 unspecified atom stereocenters. The summed E-state index contributed by atoms with van der Waals surface area (Å²) in [6.45, 7) is 0. The van der Waals surface area contributed by atoms with E-state index in [1.807, 2.05) is 24.3 Å². The standard InChI is InChI=1S/C12H13N3O3/c1-18-8-4-2-7(3-5-8)6-9-14-10(11(13)16)12(17)15-9/h2-5,17H,6H2,1H3,(H2,13,16)(H,14,15). The summed E-state index contributed by atoms with van der Waals surface area (Å²) >= 11 is 0. The van der Waals surface area contributed by atoms with E-state index in [0.717, 1.165) is 11.3 Å². The third-order valence-electron chi connectivity index (χ3n) is 2.50. The van der Waals surface area contributed by atoms with E-state index in [1.54, 1.807) is 7.11 Å². The van der Waals surface area contributed by atoms with Crippen LogP contribution in [0, 0.1) is 0 Å². The maximum Gasteiger partial charge on any atom is 0.272 e. The zero-order valence-electron chi connectivity index (χ0n) is 9.80. The van der Waals surface area contributed by atoms with Gasteiger partial charge in [0, 0.05) is 6.42 Å². The molecule has 0 atom stereocenters. The number of carbonyl (C=O) groups is 1. The van der Waals surface area contributed by atoms with Crippen LogP contribution in [0.4, 0.5) is 0 Å². The first kappa shape index (κ1) is 12.0. The maximum atomic E-state index is 10.9. The van der Waals surface area contributed by atoms with E-state index in [-0.39, 0.29) is 11.6 Å². The van der Waals surface area contributed by atoms with Crippen LogP contribution in [-0.2, 0) is 6.42 Å². The number of aromatic nitrogens is 2. The van der Waals surface area contributed by atoms with Crippen molar-refractivity contribution in [3.05, 3.63) is 41.3 Å². The zero-order chi connectivity index (χ0) is 13.1. The number of nitrogens with one attached hydrogen (secondary N) is 1. The molecule has 94 valence electrons. The molecule has 18 heavy (non-hydrogen) atoms. The van der Waals surface area contributed by atoms with Gasteiger partial charge in [-0.2, -0.15) is 0 Å². The molecule has 0 fully saturated rings. The van der Waals surface area contributed by atoms with Crippen molar-refractivity contribution in [1.29, 1.82) is 0 Å². The lowest BCUT2D eigenvalue weighted by Gasteiger charge is -2.01. The molecule has 1 aromatic carbocycles. The van der Waals surface area contributed by atoms with Crippen LogP contribution >= 0.6 is 0 Å². The smallest absolute Gasteiger partial charge is 0.272 e. The first-order valence-electron chi connectivity index (χ1n) is 5.30. The Hall–Kier alpha value is -2.50. The van der Waals surface area contributed by atoms with E-state index in [2.05, 4.69) is 9.97 Å². The van der Waals surface area contributed by atoms with Crippen LogP contribution < -0.4 is 10.5 Å². The van der Waals surface area contributed by atoms with Crippen LogP contribution in [0.2, 0.25) is 0 Å². The number of benzene rings is 1. The fraction of sp³-hybridized carbons (Fsp3) is 0.167. The topological polar surface area (TPSA) is 101 Å². The van der Waals surface area contributed by atoms with Gasteiger partial charge < -0.3 is 20.6 Å². The van der Waals surface area contributed by atoms with Gasteiger partial charge in [-0.1, -0.05) is 12.1 Å². The Morgan fingerprint density at radius 1 is 1.44 bits per heavy atom. The molecule has 6 nitrogen and oxygen atoms in total. The number of rotatable bonds is 4. The van der Waals surface area contributed by atoms with Crippen LogP contribution in [0.1, 0.15) is 21.9 Å². The molecule has 4 N–H and O–H groups in total. The Morgan fingerprint density at radius 2 is 2.11 bits per heavy atom. The number of nitrogens with two attached hydrogens (primary N) is 1. The first-order valence-corrected chi connectivity index (χ1v) is 5.30. The van der Waals surface area contributed by atoms with Crippen molar-refractivity contribution in [1.82, 2.24) is 9.97 Å². The van der Waals surface area contributed by atoms with Crippen LogP contribution in [0.5, 0.6) is 11.6 Å². The van der Waals surface area contributed by atoms with Crippen LogP contribution in [0.25, 0.3) is 0 Å². The third-order valence-corrected chi connectivity index (χ3v) is 2.50. The highest BCUT2D eigenvalue weighted by Crippen LogP contribution is 2.17. The fourth-order valence-corrected chi connectivity index (χ4v) is 1.60. The minimum absolute atomic E-state index is 0.140. The van der Waals surface area contributed by atoms with Gasteiger partial charge in [0.05, 0.1) is 7.11 Å². The number of aromatic amines is 1. The summed E-state index contributed by atoms with van der Waals surface area (Å²) < 4.78 is 5.05. The quantitative estimate of drug-likeness (QED) is 0.744. The molecule has 1 heterocycles. The van der Waals surface area contributed by atoms with Crippen LogP contribution in [0.3, 0.4) is 0 Å². The van der Waals surface area contributed by atoms with Crippen LogP contribution in [-0.4, -0.2) is 28.1 Å². The highest BCUT2D eigenvalue weighted by Gasteiger charge is 2.14. The number of primary amides is 1. The number of aromatic hydroxyl groups is 1. The zero-order valence-corrected chi connectivity index (χ0v) is 9.80. The van der Waals surface area contributed by atoms with E-state index < -0.39 is 5.91 Å². The predicted molar refractivity (Wildman–Crippen MR) is 64.6 cm³/mol. The van der Waals surface area contributed by atoms with Crippen molar-refractivity contribution in [2.24, 2.45) is 5.73 Å². The molecule has 2 rings (SSSR count). The van der Waals surface area contributed by atoms with Crippen molar-refractivity contribution in [3.63, 3.8) is 0 Å². The SMILES string of the molecule is COc1ccc(Cc2nc(C(N)=O)c(O)[nH]2)cc1. The summed E-state index contributed by atoms with van der Waals surface area (Å²) in [6.07, 6.45) is 0.463. The van der Waals surface area contributed by atoms with E-state index in [9.17, 15) is 9.90 Å². The Bertz CT molecular complexity index is 560. The van der Waals surface area contributed by atoms with Gasteiger partial charge in [0.2, 0.25) is 5.88 Å². The molecule has 1 amide bonds. The lowest BCUT2D eigenvalue weighted by atomic mass is 10.1. The van der Waals surface area contributed by atoms with E-state index >= 15 is 0 Å². The molecule has 0 aliphatic heterocycles. The molecule has 0 saturated carbocycles. The highest BCUT2D eigenvalue weighted by atomic mass is 16.5. The number of imidazole rings is 1. The average molecular weight is 247 g/mol. The summed E-state index contributed by atoms with van der Waals surface area (Å²) in [7, 11) is 1.60. The van der Waals surface area contributed by atoms with Gasteiger partial charge in [-0.05, 0) is 17.7 Å². The Kier molecular flexibility index (Phi) is 3.18. The highest BCUT2D eigenvalue weighted by molar-refractivity contribution is 5.93. The second-order valence-electron chi connectivity index (χ2n) is 3.77. The van der Waals surface area contributed by atoms with Gasteiger partial charge in [-0.15, -0.1) is 0 Å². The minimum atomic E-state index is -0.760. The van der Waals surface area contributed by atoms with E-state index in [1.165, 1.54) is 0 Å². The average Bonchev–Trinajstić information content (AvgIpc) is 2.71. The summed E-state index contributed by atoms with van der Waals surface area (Å²) in [6, 6.07) is 7.41. The monoisotopic (exact) mass is 247 g/mol. The summed E-state index contributed by atoms with van der Waals surface area (Å²) in [5.74, 6) is 0.182. The number of H-pyrrole nitrogens is 1. The van der Waals surface area contributed by atoms with Crippen molar-refractivity contribution in [2.75, 3.05) is 7.11 Å². The number of carbonyl (C=O) groups excluding carboxylic acids is 1. The van der Waals surface area contributed by atoms with E-state index in [0.29, 0.717) is 12.2 Å². The second-order valence-corrected chi connectivity index (χ2v) is 3.77. The van der Waals surface area contributed by atoms with Crippen molar-refractivity contribution >= 4 is 5.91 Å². The van der Waals surface area contributed by atoms with Gasteiger partial charge in [-0.25, -0.2) is 4.98 Å². The van der Waals surface area contributed by atoms with Crippen molar-refractivity contribution < 1.29 is 14.6 Å². The molecule has 1 aromatic heterocycles. The molecule has 6 heteroatoms. The molecule has 0 aliphatic rings. The Balaban J connectivity index is 2.18.